The Labute approximate surface area is 140 Å². The fraction of sp³-hybridized carbons (Fsp3) is 0.0909. The molecule has 0 unspecified atom stereocenters. The fourth-order valence-corrected chi connectivity index (χ4v) is 1.69. The molecule has 2 aromatic rings. The Kier molecular flexibility index (Phi) is 5.09. The summed E-state index contributed by atoms with van der Waals surface area (Å²) in [4.78, 5) is 0. The third-order valence-corrected chi connectivity index (χ3v) is 2.48. The van der Waals surface area contributed by atoms with E-state index in [1.165, 1.54) is 19.2 Å². The summed E-state index contributed by atoms with van der Waals surface area (Å²) < 4.78 is 43.3. The van der Waals surface area contributed by atoms with Crippen LogP contribution in [0.3, 0.4) is 0 Å². The molecular weight excluding hydrogens is 255 g/mol. The van der Waals surface area contributed by atoms with Crippen molar-refractivity contribution < 1.29 is 69.1 Å². The van der Waals surface area contributed by atoms with E-state index in [9.17, 15) is 12.9 Å². The number of benzene rings is 2. The molecular formula is C11H9BF3KO. The average Bonchev–Trinajstić information content (AvgIpc) is 2.26. The number of methoxy groups -OCH3 is 1. The summed E-state index contributed by atoms with van der Waals surface area (Å²) in [5.74, 6) is 0.431. The zero-order valence-electron chi connectivity index (χ0n) is 9.58. The molecule has 6 heteroatoms. The minimum absolute atomic E-state index is 0. The van der Waals surface area contributed by atoms with E-state index in [2.05, 4.69) is 0 Å². The van der Waals surface area contributed by atoms with Gasteiger partial charge in [-0.1, -0.05) is 24.3 Å². The Balaban J connectivity index is 0.00000144. The zero-order chi connectivity index (χ0) is 11.8. The SMILES string of the molecule is COc1ccc2cccc([B-](F)(F)F)c2c1.[K+]. The number of ether oxygens (including phenoxy) is 1. The standard InChI is InChI=1S/C11H9BF3O.K/c1-16-9-6-5-8-3-2-4-11(10(8)7-9)12(13,14)15;/h2-7H,1H3;/q-1;+1. The average molecular weight is 264 g/mol. The molecule has 1 nitrogen and oxygen atoms in total. The van der Waals surface area contributed by atoms with Crippen LogP contribution in [-0.2, 0) is 0 Å². The summed E-state index contributed by atoms with van der Waals surface area (Å²) in [6.07, 6.45) is 0. The monoisotopic (exact) mass is 264 g/mol. The number of halogens is 3. The quantitative estimate of drug-likeness (QED) is 0.689. The minimum atomic E-state index is -4.99. The second-order valence-electron chi connectivity index (χ2n) is 3.51. The molecule has 0 saturated heterocycles. The summed E-state index contributed by atoms with van der Waals surface area (Å²) in [5.41, 5.74) is -0.573. The Morgan fingerprint density at radius 3 is 2.35 bits per heavy atom. The number of hydrogen-bond donors (Lipinski definition) is 0. The van der Waals surface area contributed by atoms with E-state index in [-0.39, 0.29) is 56.8 Å². The van der Waals surface area contributed by atoms with Gasteiger partial charge in [0.1, 0.15) is 5.75 Å². The molecule has 0 fully saturated rings. The van der Waals surface area contributed by atoms with Crippen molar-refractivity contribution in [1.82, 2.24) is 0 Å². The maximum atomic E-state index is 12.8. The zero-order valence-corrected chi connectivity index (χ0v) is 12.7. The van der Waals surface area contributed by atoms with Crippen LogP contribution in [0.2, 0.25) is 0 Å². The molecule has 0 aromatic heterocycles. The van der Waals surface area contributed by atoms with Gasteiger partial charge in [-0.2, -0.15) is 0 Å². The van der Waals surface area contributed by atoms with Crippen molar-refractivity contribution in [2.45, 2.75) is 0 Å². The largest absolute Gasteiger partial charge is 1.00 e. The van der Waals surface area contributed by atoms with Crippen LogP contribution < -0.4 is 61.6 Å². The van der Waals surface area contributed by atoms with Crippen molar-refractivity contribution >= 4 is 23.2 Å². The fourth-order valence-electron chi connectivity index (χ4n) is 1.69. The molecule has 0 aliphatic heterocycles. The molecule has 0 aliphatic rings. The van der Waals surface area contributed by atoms with Crippen molar-refractivity contribution in [1.29, 1.82) is 0 Å². The summed E-state index contributed by atoms with van der Waals surface area (Å²) in [6, 6.07) is 8.86. The van der Waals surface area contributed by atoms with E-state index in [4.69, 9.17) is 4.74 Å². The van der Waals surface area contributed by atoms with Gasteiger partial charge in [0, 0.05) is 0 Å². The Morgan fingerprint density at radius 2 is 1.76 bits per heavy atom. The van der Waals surface area contributed by atoms with E-state index in [0.29, 0.717) is 11.1 Å². The number of rotatable bonds is 2. The molecule has 0 N–H and O–H groups in total. The second kappa shape index (κ2) is 5.75. The molecule has 0 atom stereocenters. The topological polar surface area (TPSA) is 9.23 Å². The number of hydrogen-bond acceptors (Lipinski definition) is 1. The first-order chi connectivity index (χ1) is 7.52. The molecule has 0 spiro atoms. The van der Waals surface area contributed by atoms with Gasteiger partial charge in [0.2, 0.25) is 0 Å². The second-order valence-corrected chi connectivity index (χ2v) is 3.51. The van der Waals surface area contributed by atoms with Crippen molar-refractivity contribution in [3.63, 3.8) is 0 Å². The van der Waals surface area contributed by atoms with Crippen LogP contribution in [-0.4, -0.2) is 14.1 Å². The maximum Gasteiger partial charge on any atom is 1.00 e. The Morgan fingerprint density at radius 1 is 1.06 bits per heavy atom. The van der Waals surface area contributed by atoms with Gasteiger partial charge in [-0.05, 0) is 22.9 Å². The third-order valence-electron chi connectivity index (χ3n) is 2.48. The van der Waals surface area contributed by atoms with Crippen LogP contribution in [0.25, 0.3) is 10.8 Å². The van der Waals surface area contributed by atoms with Crippen LogP contribution in [0.4, 0.5) is 12.9 Å². The molecule has 0 amide bonds. The summed E-state index contributed by atoms with van der Waals surface area (Å²) in [5, 5.41) is 0.756. The molecule has 0 heterocycles. The van der Waals surface area contributed by atoms with Gasteiger partial charge in [0.15, 0.2) is 0 Å². The van der Waals surface area contributed by atoms with E-state index < -0.39 is 12.4 Å². The van der Waals surface area contributed by atoms with Crippen LogP contribution in [0, 0.1) is 0 Å². The van der Waals surface area contributed by atoms with Crippen molar-refractivity contribution in [3.05, 3.63) is 36.4 Å². The first kappa shape index (κ1) is 15.1. The normalized spacial score (nSPS) is 11.1. The van der Waals surface area contributed by atoms with E-state index >= 15 is 0 Å². The number of fused-ring (bicyclic) bond motifs is 1. The van der Waals surface area contributed by atoms with Gasteiger partial charge in [-0.25, -0.2) is 0 Å². The minimum Gasteiger partial charge on any atom is -0.497 e. The van der Waals surface area contributed by atoms with E-state index in [1.54, 1.807) is 18.2 Å². The van der Waals surface area contributed by atoms with E-state index in [1.807, 2.05) is 0 Å². The smallest absolute Gasteiger partial charge is 0.497 e. The summed E-state index contributed by atoms with van der Waals surface area (Å²) in [7, 11) is 1.43. The van der Waals surface area contributed by atoms with Gasteiger partial charge in [-0.3, -0.25) is 0 Å². The first-order valence-electron chi connectivity index (χ1n) is 4.79. The predicted molar refractivity (Wildman–Crippen MR) is 59.2 cm³/mol. The molecule has 0 aliphatic carbocycles. The molecule has 2 aromatic carbocycles. The molecule has 84 valence electrons. The molecule has 2 rings (SSSR count). The summed E-state index contributed by atoms with van der Waals surface area (Å²) >= 11 is 0. The van der Waals surface area contributed by atoms with Gasteiger partial charge in [0.05, 0.1) is 7.11 Å². The molecule has 0 radical (unpaired) electrons. The van der Waals surface area contributed by atoms with Gasteiger partial charge in [0.25, 0.3) is 0 Å². The first-order valence-corrected chi connectivity index (χ1v) is 4.79. The van der Waals surface area contributed by atoms with Crippen molar-refractivity contribution in [3.8, 4) is 5.75 Å². The van der Waals surface area contributed by atoms with Gasteiger partial charge >= 0.3 is 58.4 Å². The van der Waals surface area contributed by atoms with Crippen LogP contribution in [0.15, 0.2) is 36.4 Å². The predicted octanol–water partition coefficient (Wildman–Crippen LogP) is -0.0932. The summed E-state index contributed by atoms with van der Waals surface area (Å²) in [6.45, 7) is -4.99. The maximum absolute atomic E-state index is 12.8. The van der Waals surface area contributed by atoms with Crippen molar-refractivity contribution in [2.75, 3.05) is 7.11 Å². The Bertz CT molecular complexity index is 528. The van der Waals surface area contributed by atoms with E-state index in [0.717, 1.165) is 6.07 Å². The van der Waals surface area contributed by atoms with Crippen molar-refractivity contribution in [2.24, 2.45) is 0 Å². The van der Waals surface area contributed by atoms with Gasteiger partial charge < -0.3 is 17.7 Å². The molecule has 0 saturated carbocycles. The van der Waals surface area contributed by atoms with Crippen LogP contribution >= 0.6 is 0 Å². The van der Waals surface area contributed by atoms with Crippen LogP contribution in [0.1, 0.15) is 0 Å². The van der Waals surface area contributed by atoms with Gasteiger partial charge in [-0.15, -0.1) is 5.46 Å². The van der Waals surface area contributed by atoms with Crippen LogP contribution in [0.5, 0.6) is 5.75 Å². The Hall–Kier alpha value is -0.00870. The molecule has 17 heavy (non-hydrogen) atoms. The molecule has 0 bridgehead atoms. The third kappa shape index (κ3) is 3.26.